The highest BCUT2D eigenvalue weighted by Gasteiger charge is 2.21. The van der Waals surface area contributed by atoms with E-state index in [1.54, 1.807) is 18.4 Å². The van der Waals surface area contributed by atoms with Gasteiger partial charge in [0.05, 0.1) is 18.5 Å². The second-order valence-electron chi connectivity index (χ2n) is 8.50. The van der Waals surface area contributed by atoms with Gasteiger partial charge in [0.1, 0.15) is 12.3 Å². The van der Waals surface area contributed by atoms with E-state index >= 15 is 0 Å². The summed E-state index contributed by atoms with van der Waals surface area (Å²) in [6, 6.07) is 23.0. The highest BCUT2D eigenvalue weighted by atomic mass is 16.3. The zero-order chi connectivity index (χ0) is 23.9. The zero-order valence-electron chi connectivity index (χ0n) is 19.3. The summed E-state index contributed by atoms with van der Waals surface area (Å²) < 4.78 is 7.25. The lowest BCUT2D eigenvalue weighted by Crippen LogP contribution is -2.38. The van der Waals surface area contributed by atoms with E-state index in [-0.39, 0.29) is 30.8 Å². The average molecular weight is 457 g/mol. The Kier molecular flexibility index (Phi) is 7.22. The minimum absolute atomic E-state index is 0.0991. The molecule has 174 valence electrons. The van der Waals surface area contributed by atoms with Crippen LogP contribution in [0.2, 0.25) is 0 Å². The third kappa shape index (κ3) is 5.81. The summed E-state index contributed by atoms with van der Waals surface area (Å²) >= 11 is 0. The van der Waals surface area contributed by atoms with Crippen LogP contribution in [0.15, 0.2) is 89.7 Å². The minimum Gasteiger partial charge on any atom is -0.467 e. The van der Waals surface area contributed by atoms with Crippen LogP contribution in [0.1, 0.15) is 26.0 Å². The van der Waals surface area contributed by atoms with E-state index in [1.165, 1.54) is 4.90 Å². The quantitative estimate of drug-likeness (QED) is 0.378. The number of carbonyl (C=O) groups excluding carboxylic acids is 2. The summed E-state index contributed by atoms with van der Waals surface area (Å²) in [6.07, 6.45) is 3.80. The number of hydrogen-bond donors (Lipinski definition) is 1. The van der Waals surface area contributed by atoms with Crippen molar-refractivity contribution in [1.29, 1.82) is 0 Å². The number of carbonyl (C=O) groups is 2. The summed E-state index contributed by atoms with van der Waals surface area (Å²) in [5.41, 5.74) is 2.55. The Morgan fingerprint density at radius 3 is 2.35 bits per heavy atom. The molecule has 7 nitrogen and oxygen atoms in total. The van der Waals surface area contributed by atoms with E-state index in [0.717, 1.165) is 16.9 Å². The van der Waals surface area contributed by atoms with Crippen molar-refractivity contribution in [2.45, 2.75) is 26.8 Å². The predicted octanol–water partition coefficient (Wildman–Crippen LogP) is 5.15. The Morgan fingerprint density at radius 1 is 1.00 bits per heavy atom. The Hall–Kier alpha value is -4.13. The van der Waals surface area contributed by atoms with Crippen LogP contribution < -0.4 is 5.32 Å². The van der Waals surface area contributed by atoms with Crippen molar-refractivity contribution in [3.8, 4) is 16.9 Å². The lowest BCUT2D eigenvalue weighted by atomic mass is 10.1. The maximum atomic E-state index is 13.1. The number of para-hydroxylation sites is 1. The lowest BCUT2D eigenvalue weighted by molar-refractivity contribution is -0.136. The fourth-order valence-corrected chi connectivity index (χ4v) is 3.64. The van der Waals surface area contributed by atoms with E-state index in [1.807, 2.05) is 85.3 Å². The minimum atomic E-state index is -0.328. The molecule has 0 fully saturated rings. The molecule has 0 aliphatic heterocycles. The third-order valence-corrected chi connectivity index (χ3v) is 5.26. The van der Waals surface area contributed by atoms with Gasteiger partial charge in [0, 0.05) is 23.9 Å². The average Bonchev–Trinajstić information content (AvgIpc) is 3.49. The van der Waals surface area contributed by atoms with Gasteiger partial charge in [-0.1, -0.05) is 62.4 Å². The van der Waals surface area contributed by atoms with Crippen LogP contribution in [0.3, 0.4) is 0 Å². The normalized spacial score (nSPS) is 10.9. The number of nitrogens with one attached hydrogen (secondary N) is 1. The fraction of sp³-hybridized carbons (Fsp3) is 0.222. The number of imidazole rings is 1. The first-order chi connectivity index (χ1) is 16.5. The van der Waals surface area contributed by atoms with Gasteiger partial charge in [-0.2, -0.15) is 0 Å². The standard InChI is InChI=1S/C27H28N4O3/c1-20(2)16-26(33)30(17-23-14-9-15-34-23)19-25(32)29-27-28-24(21-10-5-3-6-11-21)18-31(27)22-12-7-4-8-13-22/h3-15,18,20H,16-17,19H2,1-2H3,(H,28,29,32). The molecule has 2 aromatic carbocycles. The Labute approximate surface area is 199 Å². The first kappa shape index (κ1) is 23.0. The summed E-state index contributed by atoms with van der Waals surface area (Å²) in [6.45, 7) is 4.08. The highest BCUT2D eigenvalue weighted by Crippen LogP contribution is 2.24. The molecule has 34 heavy (non-hydrogen) atoms. The van der Waals surface area contributed by atoms with Gasteiger partial charge in [0.15, 0.2) is 0 Å². The van der Waals surface area contributed by atoms with Gasteiger partial charge >= 0.3 is 0 Å². The van der Waals surface area contributed by atoms with Crippen molar-refractivity contribution in [2.75, 3.05) is 11.9 Å². The van der Waals surface area contributed by atoms with Crippen molar-refractivity contribution in [3.63, 3.8) is 0 Å². The summed E-state index contributed by atoms with van der Waals surface area (Å²) in [7, 11) is 0. The number of anilines is 1. The van der Waals surface area contributed by atoms with Crippen molar-refractivity contribution < 1.29 is 14.0 Å². The number of benzene rings is 2. The van der Waals surface area contributed by atoms with Gasteiger partial charge in [0.2, 0.25) is 17.8 Å². The summed E-state index contributed by atoms with van der Waals surface area (Å²) in [5, 5.41) is 2.91. The smallest absolute Gasteiger partial charge is 0.246 e. The van der Waals surface area contributed by atoms with E-state index in [9.17, 15) is 9.59 Å². The second-order valence-corrected chi connectivity index (χ2v) is 8.50. The van der Waals surface area contributed by atoms with Crippen LogP contribution in [-0.2, 0) is 16.1 Å². The SMILES string of the molecule is CC(C)CC(=O)N(CC(=O)Nc1nc(-c2ccccc2)cn1-c1ccccc1)Cc1ccco1. The lowest BCUT2D eigenvalue weighted by Gasteiger charge is -2.22. The molecule has 7 heteroatoms. The first-order valence-electron chi connectivity index (χ1n) is 11.3. The van der Waals surface area contributed by atoms with Crippen molar-refractivity contribution in [3.05, 3.63) is 91.0 Å². The molecule has 0 spiro atoms. The number of nitrogens with zero attached hydrogens (tertiary/aromatic N) is 3. The van der Waals surface area contributed by atoms with Gasteiger partial charge in [-0.25, -0.2) is 4.98 Å². The van der Waals surface area contributed by atoms with Gasteiger partial charge in [-0.15, -0.1) is 0 Å². The maximum Gasteiger partial charge on any atom is 0.246 e. The van der Waals surface area contributed by atoms with Crippen LogP contribution in [0, 0.1) is 5.92 Å². The molecule has 4 rings (SSSR count). The molecule has 1 N–H and O–H groups in total. The number of hydrogen-bond acceptors (Lipinski definition) is 4. The second kappa shape index (κ2) is 10.7. The largest absolute Gasteiger partial charge is 0.467 e. The first-order valence-corrected chi connectivity index (χ1v) is 11.3. The van der Waals surface area contributed by atoms with E-state index < -0.39 is 0 Å². The molecule has 0 atom stereocenters. The van der Waals surface area contributed by atoms with E-state index in [2.05, 4.69) is 10.3 Å². The zero-order valence-corrected chi connectivity index (χ0v) is 19.3. The molecular formula is C27H28N4O3. The maximum absolute atomic E-state index is 13.1. The van der Waals surface area contributed by atoms with Gasteiger partial charge in [-0.05, 0) is 30.2 Å². The van der Waals surface area contributed by atoms with Crippen molar-refractivity contribution in [1.82, 2.24) is 14.5 Å². The Balaban J connectivity index is 1.58. The molecule has 4 aromatic rings. The van der Waals surface area contributed by atoms with E-state index in [0.29, 0.717) is 18.1 Å². The topological polar surface area (TPSA) is 80.4 Å². The van der Waals surface area contributed by atoms with E-state index in [4.69, 9.17) is 4.42 Å². The molecule has 2 aromatic heterocycles. The number of aromatic nitrogens is 2. The molecule has 0 unspecified atom stereocenters. The van der Waals surface area contributed by atoms with Crippen molar-refractivity contribution >= 4 is 17.8 Å². The monoisotopic (exact) mass is 456 g/mol. The predicted molar refractivity (Wildman–Crippen MR) is 131 cm³/mol. The molecule has 0 radical (unpaired) electrons. The highest BCUT2D eigenvalue weighted by molar-refractivity contribution is 5.93. The van der Waals surface area contributed by atoms with Gasteiger partial charge < -0.3 is 9.32 Å². The number of rotatable bonds is 9. The molecule has 0 saturated heterocycles. The summed E-state index contributed by atoms with van der Waals surface area (Å²) in [5.74, 6) is 0.774. The fourth-order valence-electron chi connectivity index (χ4n) is 3.64. The molecule has 0 aliphatic carbocycles. The van der Waals surface area contributed by atoms with Crippen molar-refractivity contribution in [2.24, 2.45) is 5.92 Å². The molecule has 0 bridgehead atoms. The molecule has 0 aliphatic rings. The van der Waals surface area contributed by atoms with Crippen LogP contribution in [0.4, 0.5) is 5.95 Å². The van der Waals surface area contributed by atoms with Crippen LogP contribution >= 0.6 is 0 Å². The van der Waals surface area contributed by atoms with Crippen LogP contribution in [0.25, 0.3) is 16.9 Å². The van der Waals surface area contributed by atoms with Gasteiger partial charge in [-0.3, -0.25) is 19.5 Å². The summed E-state index contributed by atoms with van der Waals surface area (Å²) in [4.78, 5) is 32.1. The number of amides is 2. The van der Waals surface area contributed by atoms with Crippen LogP contribution in [-0.4, -0.2) is 32.8 Å². The Bertz CT molecular complexity index is 1220. The van der Waals surface area contributed by atoms with Crippen LogP contribution in [0.5, 0.6) is 0 Å². The molecular weight excluding hydrogens is 428 g/mol. The molecule has 0 saturated carbocycles. The Morgan fingerprint density at radius 2 is 1.71 bits per heavy atom. The molecule has 2 amide bonds. The molecule has 2 heterocycles. The number of furan rings is 1. The third-order valence-electron chi connectivity index (χ3n) is 5.26. The van der Waals surface area contributed by atoms with Gasteiger partial charge in [0.25, 0.3) is 0 Å².